The van der Waals surface area contributed by atoms with Gasteiger partial charge >= 0.3 is 6.03 Å². The van der Waals surface area contributed by atoms with Gasteiger partial charge in [0.25, 0.3) is 0 Å². The van der Waals surface area contributed by atoms with Crippen molar-refractivity contribution in [2.75, 3.05) is 5.32 Å². The van der Waals surface area contributed by atoms with Crippen molar-refractivity contribution in [2.45, 2.75) is 85.4 Å². The third-order valence-electron chi connectivity index (χ3n) is 4.45. The second-order valence-electron chi connectivity index (χ2n) is 8.94. The topological polar surface area (TPSA) is 76.8 Å². The molecule has 0 aliphatic rings. The lowest BCUT2D eigenvalue weighted by Gasteiger charge is -2.23. The zero-order valence-electron chi connectivity index (χ0n) is 17.9. The molecule has 2 aromatic heterocycles. The molecule has 0 aliphatic carbocycles. The number of urea groups is 1. The van der Waals surface area contributed by atoms with Crippen LogP contribution >= 0.6 is 0 Å². The van der Waals surface area contributed by atoms with Crippen LogP contribution in [0.5, 0.6) is 0 Å². The first-order valence-electron chi connectivity index (χ1n) is 9.66. The lowest BCUT2D eigenvalue weighted by Crippen LogP contribution is -2.34. The summed E-state index contributed by atoms with van der Waals surface area (Å²) < 4.78 is 3.74. The molecule has 2 heterocycles. The molecule has 2 aromatic rings. The number of rotatable bonds is 5. The summed E-state index contributed by atoms with van der Waals surface area (Å²) >= 11 is 0. The average Bonchev–Trinajstić information content (AvgIpc) is 3.18. The number of nitrogens with one attached hydrogen (secondary N) is 2. The van der Waals surface area contributed by atoms with Gasteiger partial charge in [-0.1, -0.05) is 27.7 Å². The predicted molar refractivity (Wildman–Crippen MR) is 109 cm³/mol. The summed E-state index contributed by atoms with van der Waals surface area (Å²) in [5.74, 6) is 0.698. The second-order valence-corrected chi connectivity index (χ2v) is 8.94. The maximum Gasteiger partial charge on any atom is 0.320 e. The van der Waals surface area contributed by atoms with Crippen LogP contribution in [0.3, 0.4) is 0 Å². The number of hydrogen-bond donors (Lipinski definition) is 2. The molecule has 150 valence electrons. The summed E-state index contributed by atoms with van der Waals surface area (Å²) in [5.41, 5.74) is 1.63. The van der Waals surface area contributed by atoms with E-state index in [1.165, 1.54) is 0 Å². The Morgan fingerprint density at radius 3 is 2.33 bits per heavy atom. The summed E-state index contributed by atoms with van der Waals surface area (Å²) in [6, 6.07) is 1.64. The lowest BCUT2D eigenvalue weighted by atomic mass is 9.92. The number of hydrogen-bond acceptors (Lipinski definition) is 3. The van der Waals surface area contributed by atoms with Crippen LogP contribution in [-0.4, -0.2) is 25.6 Å². The molecule has 7 heteroatoms. The zero-order valence-corrected chi connectivity index (χ0v) is 17.9. The Bertz CT molecular complexity index is 775. The Hall–Kier alpha value is -2.31. The van der Waals surface area contributed by atoms with E-state index >= 15 is 0 Å². The number of aryl methyl sites for hydroxylation is 1. The number of aromatic nitrogens is 4. The van der Waals surface area contributed by atoms with Crippen LogP contribution in [0, 0.1) is 0 Å². The van der Waals surface area contributed by atoms with E-state index < -0.39 is 0 Å². The Morgan fingerprint density at radius 1 is 1.19 bits per heavy atom. The van der Waals surface area contributed by atoms with Crippen molar-refractivity contribution >= 4 is 11.8 Å². The highest BCUT2D eigenvalue weighted by molar-refractivity contribution is 5.88. The fourth-order valence-electron chi connectivity index (χ4n) is 2.81. The van der Waals surface area contributed by atoms with Crippen molar-refractivity contribution in [1.29, 1.82) is 0 Å². The largest absolute Gasteiger partial charge is 0.331 e. The summed E-state index contributed by atoms with van der Waals surface area (Å²) in [6.45, 7) is 17.5. The van der Waals surface area contributed by atoms with E-state index in [0.717, 1.165) is 24.2 Å². The highest BCUT2D eigenvalue weighted by atomic mass is 16.2. The highest BCUT2D eigenvalue weighted by Gasteiger charge is 2.26. The van der Waals surface area contributed by atoms with E-state index in [2.05, 4.69) is 57.3 Å². The molecule has 27 heavy (non-hydrogen) atoms. The fourth-order valence-corrected chi connectivity index (χ4v) is 2.81. The van der Waals surface area contributed by atoms with Crippen molar-refractivity contribution in [1.82, 2.24) is 24.9 Å². The van der Waals surface area contributed by atoms with Crippen molar-refractivity contribution in [3.8, 4) is 0 Å². The van der Waals surface area contributed by atoms with Gasteiger partial charge in [0.05, 0.1) is 23.5 Å². The molecule has 7 nitrogen and oxygen atoms in total. The molecule has 0 saturated carbocycles. The SMILES string of the molecule is CC[C@H](NC(=O)Nc1cc(C(C)(C)C)nn1C(C)(C)C)c1cnn(CC)c1. The van der Waals surface area contributed by atoms with Gasteiger partial charge in [-0.15, -0.1) is 0 Å². The molecule has 1 atom stereocenters. The maximum absolute atomic E-state index is 12.7. The lowest BCUT2D eigenvalue weighted by molar-refractivity contribution is 0.247. The highest BCUT2D eigenvalue weighted by Crippen LogP contribution is 2.28. The summed E-state index contributed by atoms with van der Waals surface area (Å²) in [5, 5.41) is 15.1. The number of anilines is 1. The van der Waals surface area contributed by atoms with Crippen LogP contribution in [0.25, 0.3) is 0 Å². The Morgan fingerprint density at radius 2 is 1.85 bits per heavy atom. The molecule has 0 aliphatic heterocycles. The number of nitrogens with zero attached hydrogens (tertiary/aromatic N) is 4. The van der Waals surface area contributed by atoms with E-state index in [1.54, 1.807) is 0 Å². The van der Waals surface area contributed by atoms with Gasteiger partial charge in [0.1, 0.15) is 5.82 Å². The predicted octanol–water partition coefficient (Wildman–Crippen LogP) is 4.42. The fraction of sp³-hybridized carbons (Fsp3) is 0.650. The first-order chi connectivity index (χ1) is 12.5. The van der Waals surface area contributed by atoms with E-state index in [-0.39, 0.29) is 23.0 Å². The van der Waals surface area contributed by atoms with Crippen molar-refractivity contribution in [3.63, 3.8) is 0 Å². The van der Waals surface area contributed by atoms with E-state index in [0.29, 0.717) is 5.82 Å². The van der Waals surface area contributed by atoms with E-state index in [9.17, 15) is 4.79 Å². The molecule has 0 fully saturated rings. The van der Waals surface area contributed by atoms with Crippen LogP contribution in [0.2, 0.25) is 0 Å². The maximum atomic E-state index is 12.7. The molecular formula is C20H34N6O. The van der Waals surface area contributed by atoms with Crippen molar-refractivity contribution in [3.05, 3.63) is 29.7 Å². The van der Waals surface area contributed by atoms with Gasteiger partial charge in [-0.25, -0.2) is 9.48 Å². The Labute approximate surface area is 162 Å². The van der Waals surface area contributed by atoms with Gasteiger partial charge in [-0.05, 0) is 34.1 Å². The minimum absolute atomic E-state index is 0.0848. The normalized spacial score (nSPS) is 13.5. The number of amides is 2. The zero-order chi connectivity index (χ0) is 20.4. The minimum Gasteiger partial charge on any atom is -0.331 e. The number of carbonyl (C=O) groups excluding carboxylic acids is 1. The number of carbonyl (C=O) groups is 1. The summed E-state index contributed by atoms with van der Waals surface area (Å²) in [7, 11) is 0. The minimum atomic E-state index is -0.239. The Kier molecular flexibility index (Phi) is 6.02. The molecule has 0 saturated heterocycles. The van der Waals surface area contributed by atoms with Crippen LogP contribution in [0.1, 0.15) is 79.1 Å². The molecule has 0 radical (unpaired) electrons. The third kappa shape index (κ3) is 5.11. The Balaban J connectivity index is 2.20. The van der Waals surface area contributed by atoms with Gasteiger partial charge in [0, 0.05) is 29.8 Å². The third-order valence-corrected chi connectivity index (χ3v) is 4.45. The first-order valence-corrected chi connectivity index (χ1v) is 9.66. The molecule has 2 rings (SSSR count). The van der Waals surface area contributed by atoms with Gasteiger partial charge < -0.3 is 5.32 Å². The molecular weight excluding hydrogens is 340 g/mol. The van der Waals surface area contributed by atoms with Gasteiger partial charge in [0.15, 0.2) is 0 Å². The first kappa shape index (κ1) is 21.0. The van der Waals surface area contributed by atoms with E-state index in [1.807, 2.05) is 41.7 Å². The van der Waals surface area contributed by atoms with E-state index in [4.69, 9.17) is 5.10 Å². The van der Waals surface area contributed by atoms with Gasteiger partial charge in [-0.2, -0.15) is 10.2 Å². The van der Waals surface area contributed by atoms with Gasteiger partial charge in [0.2, 0.25) is 0 Å². The summed E-state index contributed by atoms with van der Waals surface area (Å²) in [6.07, 6.45) is 4.58. The van der Waals surface area contributed by atoms with Crippen LogP contribution in [0.15, 0.2) is 18.5 Å². The molecule has 2 amide bonds. The van der Waals surface area contributed by atoms with Crippen LogP contribution in [-0.2, 0) is 17.5 Å². The smallest absolute Gasteiger partial charge is 0.320 e. The molecule has 0 unspecified atom stereocenters. The average molecular weight is 375 g/mol. The quantitative estimate of drug-likeness (QED) is 0.813. The van der Waals surface area contributed by atoms with Crippen molar-refractivity contribution in [2.24, 2.45) is 0 Å². The molecule has 0 spiro atoms. The monoisotopic (exact) mass is 374 g/mol. The molecule has 0 bridgehead atoms. The summed E-state index contributed by atoms with van der Waals surface area (Å²) in [4.78, 5) is 12.7. The van der Waals surface area contributed by atoms with Crippen LogP contribution < -0.4 is 10.6 Å². The second kappa shape index (κ2) is 7.74. The molecule has 2 N–H and O–H groups in total. The van der Waals surface area contributed by atoms with Gasteiger partial charge in [-0.3, -0.25) is 10.00 Å². The van der Waals surface area contributed by atoms with Crippen molar-refractivity contribution < 1.29 is 4.79 Å². The standard InChI is InChI=1S/C20H34N6O/c1-9-15(14-12-21-25(10-2)13-14)22-18(27)23-17-11-16(19(3,4)5)24-26(17)20(6,7)8/h11-13,15H,9-10H2,1-8H3,(H2,22,23,27)/t15-/m0/s1. The van der Waals surface area contributed by atoms with Crippen LogP contribution in [0.4, 0.5) is 10.6 Å². The molecule has 0 aromatic carbocycles.